The van der Waals surface area contributed by atoms with Gasteiger partial charge < -0.3 is 9.47 Å². The zero-order valence-corrected chi connectivity index (χ0v) is 15.6. The first-order valence-electron chi connectivity index (χ1n) is 7.94. The predicted octanol–water partition coefficient (Wildman–Crippen LogP) is 2.29. The minimum absolute atomic E-state index is 0.121. The van der Waals surface area contributed by atoms with E-state index in [0.717, 1.165) is 0 Å². The molecule has 1 fully saturated rings. The normalized spacial score (nSPS) is 22.1. The largest absolute Gasteiger partial charge is 0.466 e. The molecule has 0 aromatic heterocycles. The summed E-state index contributed by atoms with van der Waals surface area (Å²) >= 11 is 1.36. The SMILES string of the molecule is COC(=O)C1=C(C)N=C2S[C@H](C)C(=O)N2[C@@H]1c1ccc(C(=O)OC)cc1. The van der Waals surface area contributed by atoms with E-state index >= 15 is 0 Å². The summed E-state index contributed by atoms with van der Waals surface area (Å²) in [4.78, 5) is 42.7. The Morgan fingerprint density at radius 3 is 2.31 bits per heavy atom. The van der Waals surface area contributed by atoms with Gasteiger partial charge in [0.05, 0.1) is 42.3 Å². The highest BCUT2D eigenvalue weighted by atomic mass is 32.2. The number of aliphatic imine (C=N–C) groups is 1. The lowest BCUT2D eigenvalue weighted by Gasteiger charge is -2.32. The van der Waals surface area contributed by atoms with Crippen LogP contribution in [0.5, 0.6) is 0 Å². The Morgan fingerprint density at radius 2 is 1.73 bits per heavy atom. The molecule has 2 atom stereocenters. The maximum atomic E-state index is 12.7. The minimum Gasteiger partial charge on any atom is -0.466 e. The molecule has 8 heteroatoms. The molecule has 0 aliphatic carbocycles. The molecule has 1 aromatic rings. The van der Waals surface area contributed by atoms with E-state index in [9.17, 15) is 14.4 Å². The Labute approximate surface area is 155 Å². The smallest absolute Gasteiger partial charge is 0.338 e. The number of thioether (sulfide) groups is 1. The second kappa shape index (κ2) is 6.95. The van der Waals surface area contributed by atoms with Gasteiger partial charge in [-0.05, 0) is 31.5 Å². The van der Waals surface area contributed by atoms with Gasteiger partial charge in [0, 0.05) is 0 Å². The first-order chi connectivity index (χ1) is 12.4. The second-order valence-electron chi connectivity index (χ2n) is 5.87. The lowest BCUT2D eigenvalue weighted by atomic mass is 9.93. The number of allylic oxidation sites excluding steroid dienone is 1. The van der Waals surface area contributed by atoms with Crippen molar-refractivity contribution >= 4 is 34.8 Å². The van der Waals surface area contributed by atoms with Crippen LogP contribution in [0.3, 0.4) is 0 Å². The summed E-state index contributed by atoms with van der Waals surface area (Å²) < 4.78 is 9.62. The van der Waals surface area contributed by atoms with Crippen molar-refractivity contribution in [2.45, 2.75) is 25.1 Å². The van der Waals surface area contributed by atoms with Crippen LogP contribution in [0, 0.1) is 0 Å². The second-order valence-corrected chi connectivity index (χ2v) is 7.18. The maximum absolute atomic E-state index is 12.7. The summed E-state index contributed by atoms with van der Waals surface area (Å²) in [5.74, 6) is -1.11. The summed E-state index contributed by atoms with van der Waals surface area (Å²) in [6.45, 7) is 3.53. The topological polar surface area (TPSA) is 85.3 Å². The summed E-state index contributed by atoms with van der Waals surface area (Å²) in [6.07, 6.45) is 0. The Bertz CT molecular complexity index is 844. The monoisotopic (exact) mass is 374 g/mol. The standard InChI is InChI=1S/C18H18N2O5S/c1-9-13(17(23)25-4)14(20-15(21)10(2)26-18(20)19-9)11-5-7-12(8-6-11)16(22)24-3/h5-8,10,14H,1-4H3/t10-,14-/m1/s1. The highest BCUT2D eigenvalue weighted by Crippen LogP contribution is 2.43. The van der Waals surface area contributed by atoms with Crippen LogP contribution in [0.2, 0.25) is 0 Å². The molecule has 1 amide bonds. The number of hydrogen-bond donors (Lipinski definition) is 0. The van der Waals surface area contributed by atoms with Crippen molar-refractivity contribution in [2.24, 2.45) is 4.99 Å². The third-order valence-electron chi connectivity index (χ3n) is 4.31. The molecule has 2 aliphatic rings. The molecule has 0 bridgehead atoms. The van der Waals surface area contributed by atoms with Gasteiger partial charge in [-0.2, -0.15) is 0 Å². The predicted molar refractivity (Wildman–Crippen MR) is 96.6 cm³/mol. The molecule has 136 valence electrons. The number of carbonyl (C=O) groups excluding carboxylic acids is 3. The molecule has 3 rings (SSSR count). The van der Waals surface area contributed by atoms with Crippen molar-refractivity contribution in [3.05, 3.63) is 46.7 Å². The number of amides is 1. The van der Waals surface area contributed by atoms with Crippen LogP contribution >= 0.6 is 11.8 Å². The van der Waals surface area contributed by atoms with Crippen molar-refractivity contribution in [2.75, 3.05) is 14.2 Å². The average molecular weight is 374 g/mol. The number of benzene rings is 1. The molecule has 0 radical (unpaired) electrons. The molecule has 2 heterocycles. The van der Waals surface area contributed by atoms with Crippen molar-refractivity contribution in [1.29, 1.82) is 0 Å². The van der Waals surface area contributed by atoms with E-state index in [-0.39, 0.29) is 11.2 Å². The number of fused-ring (bicyclic) bond motifs is 1. The Kier molecular flexibility index (Phi) is 4.86. The summed E-state index contributed by atoms with van der Waals surface area (Å²) in [7, 11) is 2.60. The van der Waals surface area contributed by atoms with Crippen LogP contribution in [0.1, 0.15) is 35.8 Å². The molecule has 0 unspecified atom stereocenters. The number of esters is 2. The number of hydrogen-bond acceptors (Lipinski definition) is 7. The van der Waals surface area contributed by atoms with Crippen LogP contribution in [-0.4, -0.2) is 47.4 Å². The fourth-order valence-electron chi connectivity index (χ4n) is 3.01. The van der Waals surface area contributed by atoms with Gasteiger partial charge in [0.1, 0.15) is 0 Å². The average Bonchev–Trinajstić information content (AvgIpc) is 2.93. The van der Waals surface area contributed by atoms with Crippen LogP contribution in [0.25, 0.3) is 0 Å². The van der Waals surface area contributed by atoms with Gasteiger partial charge in [0.2, 0.25) is 5.91 Å². The maximum Gasteiger partial charge on any atom is 0.338 e. The summed E-state index contributed by atoms with van der Waals surface area (Å²) in [6, 6.07) is 5.97. The molecule has 26 heavy (non-hydrogen) atoms. The molecular weight excluding hydrogens is 356 g/mol. The van der Waals surface area contributed by atoms with Gasteiger partial charge >= 0.3 is 11.9 Å². The number of ether oxygens (including phenoxy) is 2. The molecule has 7 nitrogen and oxygen atoms in total. The van der Waals surface area contributed by atoms with E-state index < -0.39 is 18.0 Å². The van der Waals surface area contributed by atoms with Gasteiger partial charge in [-0.3, -0.25) is 9.69 Å². The lowest BCUT2D eigenvalue weighted by Crippen LogP contribution is -2.40. The third kappa shape index (κ3) is 2.90. The molecule has 2 aliphatic heterocycles. The Balaban J connectivity index is 2.11. The van der Waals surface area contributed by atoms with E-state index in [1.54, 1.807) is 38.1 Å². The van der Waals surface area contributed by atoms with E-state index in [4.69, 9.17) is 9.47 Å². The summed E-state index contributed by atoms with van der Waals surface area (Å²) in [5.41, 5.74) is 1.90. The van der Waals surface area contributed by atoms with Gasteiger partial charge in [-0.1, -0.05) is 23.9 Å². The first kappa shape index (κ1) is 18.2. The fourth-order valence-corrected chi connectivity index (χ4v) is 4.04. The van der Waals surface area contributed by atoms with Crippen molar-refractivity contribution in [3.8, 4) is 0 Å². The fraction of sp³-hybridized carbons (Fsp3) is 0.333. The molecule has 0 N–H and O–H groups in total. The molecule has 1 aromatic carbocycles. The van der Waals surface area contributed by atoms with Crippen molar-refractivity contribution in [1.82, 2.24) is 4.90 Å². The number of nitrogens with zero attached hydrogens (tertiary/aromatic N) is 2. The van der Waals surface area contributed by atoms with E-state index in [2.05, 4.69) is 4.99 Å². The third-order valence-corrected chi connectivity index (χ3v) is 5.37. The number of methoxy groups -OCH3 is 2. The number of amidine groups is 1. The zero-order valence-electron chi connectivity index (χ0n) is 14.8. The van der Waals surface area contributed by atoms with Gasteiger partial charge in [0.15, 0.2) is 5.17 Å². The molecule has 0 spiro atoms. The number of carbonyl (C=O) groups is 3. The van der Waals surface area contributed by atoms with Crippen molar-refractivity contribution < 1.29 is 23.9 Å². The quantitative estimate of drug-likeness (QED) is 0.755. The number of rotatable bonds is 3. The van der Waals surface area contributed by atoms with Crippen molar-refractivity contribution in [3.63, 3.8) is 0 Å². The highest BCUT2D eigenvalue weighted by Gasteiger charge is 2.46. The van der Waals surface area contributed by atoms with E-state index in [1.165, 1.54) is 30.9 Å². The first-order valence-corrected chi connectivity index (χ1v) is 8.82. The van der Waals surface area contributed by atoms with E-state index in [1.807, 2.05) is 0 Å². The van der Waals surface area contributed by atoms with Gasteiger partial charge in [0.25, 0.3) is 0 Å². The van der Waals surface area contributed by atoms with Crippen LogP contribution in [0.4, 0.5) is 0 Å². The minimum atomic E-state index is -0.647. The Hall–Kier alpha value is -2.61. The summed E-state index contributed by atoms with van der Waals surface area (Å²) in [5, 5.41) is 0.282. The van der Waals surface area contributed by atoms with Gasteiger partial charge in [-0.15, -0.1) is 0 Å². The molecule has 0 saturated carbocycles. The molecular formula is C18H18N2O5S. The van der Waals surface area contributed by atoms with Gasteiger partial charge in [-0.25, -0.2) is 14.6 Å². The molecule has 1 saturated heterocycles. The Morgan fingerprint density at radius 1 is 1.12 bits per heavy atom. The van der Waals surface area contributed by atoms with Crippen LogP contribution in [0.15, 0.2) is 40.5 Å². The van der Waals surface area contributed by atoms with Crippen LogP contribution in [-0.2, 0) is 19.1 Å². The zero-order chi connectivity index (χ0) is 19.0. The lowest BCUT2D eigenvalue weighted by molar-refractivity contribution is -0.137. The highest BCUT2D eigenvalue weighted by molar-refractivity contribution is 8.15. The van der Waals surface area contributed by atoms with Crippen LogP contribution < -0.4 is 0 Å². The van der Waals surface area contributed by atoms with E-state index in [0.29, 0.717) is 27.6 Å².